The zero-order chi connectivity index (χ0) is 16.3. The molecule has 0 aliphatic rings. The molecule has 2 rings (SSSR count). The van der Waals surface area contributed by atoms with Gasteiger partial charge in [0.1, 0.15) is 0 Å². The molecular formula is C16H11Cl3O3. The first-order chi connectivity index (χ1) is 10.4. The van der Waals surface area contributed by atoms with Crippen molar-refractivity contribution in [1.29, 1.82) is 0 Å². The number of benzene rings is 2. The van der Waals surface area contributed by atoms with Gasteiger partial charge in [-0.15, -0.1) is 0 Å². The van der Waals surface area contributed by atoms with Crippen LogP contribution in [0.4, 0.5) is 0 Å². The van der Waals surface area contributed by atoms with Gasteiger partial charge in [0.15, 0.2) is 6.10 Å². The Bertz CT molecular complexity index is 714. The molecule has 22 heavy (non-hydrogen) atoms. The topological polar surface area (TPSA) is 43.4 Å². The molecule has 0 aliphatic carbocycles. The summed E-state index contributed by atoms with van der Waals surface area (Å²) in [6.45, 7) is 1.49. The Hall–Kier alpha value is -1.55. The normalized spacial score (nSPS) is 11.8. The van der Waals surface area contributed by atoms with Crippen molar-refractivity contribution in [2.45, 2.75) is 13.0 Å². The van der Waals surface area contributed by atoms with Crippen LogP contribution in [0.15, 0.2) is 42.5 Å². The van der Waals surface area contributed by atoms with Crippen LogP contribution in [0.25, 0.3) is 0 Å². The van der Waals surface area contributed by atoms with Crippen molar-refractivity contribution in [2.24, 2.45) is 0 Å². The number of Topliss-reactive ketones (excluding diaryl/α,β-unsaturated/α-hetero) is 1. The summed E-state index contributed by atoms with van der Waals surface area (Å²) >= 11 is 17.8. The number of carbonyl (C=O) groups excluding carboxylic acids is 2. The Labute approximate surface area is 142 Å². The fourth-order valence-electron chi connectivity index (χ4n) is 1.82. The molecule has 2 aromatic carbocycles. The van der Waals surface area contributed by atoms with Crippen LogP contribution in [-0.2, 0) is 4.74 Å². The first-order valence-electron chi connectivity index (χ1n) is 6.35. The molecule has 0 spiro atoms. The van der Waals surface area contributed by atoms with Crippen LogP contribution in [0, 0.1) is 0 Å². The summed E-state index contributed by atoms with van der Waals surface area (Å²) < 4.78 is 5.15. The number of ether oxygens (including phenoxy) is 1. The van der Waals surface area contributed by atoms with Gasteiger partial charge in [-0.3, -0.25) is 4.79 Å². The Kier molecular flexibility index (Phi) is 5.46. The molecular weight excluding hydrogens is 347 g/mol. The van der Waals surface area contributed by atoms with E-state index in [4.69, 9.17) is 39.5 Å². The van der Waals surface area contributed by atoms with Gasteiger partial charge in [-0.05, 0) is 19.1 Å². The maximum Gasteiger partial charge on any atom is 0.341 e. The third-order valence-electron chi connectivity index (χ3n) is 2.96. The van der Waals surface area contributed by atoms with E-state index in [9.17, 15) is 9.59 Å². The molecule has 0 aromatic heterocycles. The van der Waals surface area contributed by atoms with Gasteiger partial charge in [-0.1, -0.05) is 65.1 Å². The highest BCUT2D eigenvalue weighted by Crippen LogP contribution is 2.32. The van der Waals surface area contributed by atoms with E-state index in [-0.39, 0.29) is 26.4 Å². The molecule has 0 amide bonds. The van der Waals surface area contributed by atoms with Gasteiger partial charge in [0.25, 0.3) is 0 Å². The van der Waals surface area contributed by atoms with Crippen LogP contribution in [0.2, 0.25) is 15.1 Å². The lowest BCUT2D eigenvalue weighted by Gasteiger charge is -2.14. The molecule has 0 fully saturated rings. The quantitative estimate of drug-likeness (QED) is 0.435. The Morgan fingerprint density at radius 3 is 2.18 bits per heavy atom. The summed E-state index contributed by atoms with van der Waals surface area (Å²) in [4.78, 5) is 24.4. The summed E-state index contributed by atoms with van der Waals surface area (Å²) in [6.07, 6.45) is -0.971. The Morgan fingerprint density at radius 2 is 1.55 bits per heavy atom. The van der Waals surface area contributed by atoms with E-state index < -0.39 is 12.1 Å². The van der Waals surface area contributed by atoms with Crippen LogP contribution >= 0.6 is 34.8 Å². The maximum atomic E-state index is 12.2. The highest BCUT2D eigenvalue weighted by Gasteiger charge is 2.24. The van der Waals surface area contributed by atoms with Crippen molar-refractivity contribution in [3.05, 3.63) is 68.7 Å². The van der Waals surface area contributed by atoms with Gasteiger partial charge < -0.3 is 4.74 Å². The number of ketones is 1. The van der Waals surface area contributed by atoms with Gasteiger partial charge in [0.2, 0.25) is 5.78 Å². The van der Waals surface area contributed by atoms with Gasteiger partial charge in [-0.25, -0.2) is 4.79 Å². The van der Waals surface area contributed by atoms with E-state index in [1.165, 1.54) is 19.1 Å². The maximum absolute atomic E-state index is 12.2. The molecule has 0 radical (unpaired) electrons. The molecule has 0 N–H and O–H groups in total. The molecule has 2 aromatic rings. The van der Waals surface area contributed by atoms with Gasteiger partial charge >= 0.3 is 5.97 Å². The minimum absolute atomic E-state index is 0.00136. The fraction of sp³-hybridized carbons (Fsp3) is 0.125. The van der Waals surface area contributed by atoms with Crippen molar-refractivity contribution in [3.8, 4) is 0 Å². The molecule has 3 nitrogen and oxygen atoms in total. The molecule has 0 bridgehead atoms. The Morgan fingerprint density at radius 1 is 0.955 bits per heavy atom. The van der Waals surface area contributed by atoms with Gasteiger partial charge in [-0.2, -0.15) is 0 Å². The van der Waals surface area contributed by atoms with E-state index in [0.717, 1.165) is 0 Å². The lowest BCUT2D eigenvalue weighted by Crippen LogP contribution is -2.24. The lowest BCUT2D eigenvalue weighted by atomic mass is 10.1. The van der Waals surface area contributed by atoms with Crippen molar-refractivity contribution in [2.75, 3.05) is 0 Å². The molecule has 6 heteroatoms. The number of esters is 1. The van der Waals surface area contributed by atoms with Gasteiger partial charge in [0.05, 0.1) is 20.6 Å². The molecule has 1 unspecified atom stereocenters. The van der Waals surface area contributed by atoms with E-state index in [1.807, 2.05) is 0 Å². The second kappa shape index (κ2) is 7.14. The predicted molar refractivity (Wildman–Crippen MR) is 87.1 cm³/mol. The first kappa shape index (κ1) is 16.8. The van der Waals surface area contributed by atoms with E-state index in [1.54, 1.807) is 30.3 Å². The number of rotatable bonds is 4. The Balaban J connectivity index is 2.19. The SMILES string of the molecule is CC(OC(=O)c1c(Cl)ccc(Cl)c1Cl)C(=O)c1ccccc1. The molecule has 1 atom stereocenters. The summed E-state index contributed by atoms with van der Waals surface area (Å²) in [5.41, 5.74) is 0.398. The van der Waals surface area contributed by atoms with Crippen LogP contribution in [0.5, 0.6) is 0 Å². The van der Waals surface area contributed by atoms with E-state index in [2.05, 4.69) is 0 Å². The average molecular weight is 358 g/mol. The molecule has 114 valence electrons. The van der Waals surface area contributed by atoms with Crippen molar-refractivity contribution in [3.63, 3.8) is 0 Å². The largest absolute Gasteiger partial charge is 0.451 e. The fourth-order valence-corrected chi connectivity index (χ4v) is 2.51. The van der Waals surface area contributed by atoms with Crippen molar-refractivity contribution >= 4 is 46.6 Å². The molecule has 0 heterocycles. The van der Waals surface area contributed by atoms with Crippen LogP contribution in [0.1, 0.15) is 27.6 Å². The van der Waals surface area contributed by atoms with Crippen LogP contribution in [0.3, 0.4) is 0 Å². The van der Waals surface area contributed by atoms with Crippen LogP contribution < -0.4 is 0 Å². The number of halogens is 3. The minimum atomic E-state index is -0.971. The molecule has 0 aliphatic heterocycles. The first-order valence-corrected chi connectivity index (χ1v) is 7.49. The van der Waals surface area contributed by atoms with Crippen molar-refractivity contribution < 1.29 is 14.3 Å². The van der Waals surface area contributed by atoms with Crippen LogP contribution in [-0.4, -0.2) is 17.9 Å². The summed E-state index contributed by atoms with van der Waals surface area (Å²) in [5.74, 6) is -1.11. The minimum Gasteiger partial charge on any atom is -0.451 e. The standard InChI is InChI=1S/C16H11Cl3O3/c1-9(15(20)10-5-3-2-4-6-10)22-16(21)13-11(17)7-8-12(18)14(13)19/h2-9H,1H3. The number of hydrogen-bond donors (Lipinski definition) is 0. The van der Waals surface area contributed by atoms with E-state index >= 15 is 0 Å². The lowest BCUT2D eigenvalue weighted by molar-refractivity contribution is 0.0319. The monoisotopic (exact) mass is 356 g/mol. The summed E-state index contributed by atoms with van der Waals surface area (Å²) in [6, 6.07) is 11.5. The second-order valence-electron chi connectivity index (χ2n) is 4.50. The van der Waals surface area contributed by atoms with E-state index in [0.29, 0.717) is 5.56 Å². The predicted octanol–water partition coefficient (Wildman–Crippen LogP) is 5.08. The summed E-state index contributed by atoms with van der Waals surface area (Å²) in [7, 11) is 0. The smallest absolute Gasteiger partial charge is 0.341 e. The third-order valence-corrected chi connectivity index (χ3v) is 4.08. The third kappa shape index (κ3) is 3.61. The highest BCUT2D eigenvalue weighted by molar-refractivity contribution is 6.46. The average Bonchev–Trinajstić information content (AvgIpc) is 2.51. The summed E-state index contributed by atoms with van der Waals surface area (Å²) in [5, 5.41) is 0.289. The number of carbonyl (C=O) groups is 2. The van der Waals surface area contributed by atoms with Crippen molar-refractivity contribution in [1.82, 2.24) is 0 Å². The number of hydrogen-bond acceptors (Lipinski definition) is 3. The molecule has 0 saturated heterocycles. The zero-order valence-corrected chi connectivity index (χ0v) is 13.7. The van der Waals surface area contributed by atoms with Gasteiger partial charge in [0, 0.05) is 5.56 Å². The second-order valence-corrected chi connectivity index (χ2v) is 5.69. The highest BCUT2D eigenvalue weighted by atomic mass is 35.5. The zero-order valence-electron chi connectivity index (χ0n) is 11.5. The molecule has 0 saturated carbocycles.